The summed E-state index contributed by atoms with van der Waals surface area (Å²) in [7, 11) is 0. The fourth-order valence-electron chi connectivity index (χ4n) is 8.81. The Bertz CT molecular complexity index is 2680. The van der Waals surface area contributed by atoms with Crippen LogP contribution in [-0.2, 0) is 26.3 Å². The maximum absolute atomic E-state index is 13.8. The second kappa shape index (κ2) is 16.2. The highest BCUT2D eigenvalue weighted by Crippen LogP contribution is 2.57. The zero-order valence-corrected chi connectivity index (χ0v) is 33.7. The summed E-state index contributed by atoms with van der Waals surface area (Å²) in [4.78, 5) is 61.9. The quantitative estimate of drug-likeness (QED) is 0.128. The molecule has 4 aromatic carbocycles. The Balaban J connectivity index is 0.776. The van der Waals surface area contributed by atoms with Crippen LogP contribution in [0, 0.1) is 11.3 Å². The lowest BCUT2D eigenvalue weighted by Crippen LogP contribution is -2.49. The molecule has 0 unspecified atom stereocenters. The van der Waals surface area contributed by atoms with Crippen molar-refractivity contribution in [2.45, 2.75) is 36.8 Å². The Morgan fingerprint density at radius 1 is 0.921 bits per heavy atom. The Kier molecular flexibility index (Phi) is 10.5. The van der Waals surface area contributed by atoms with E-state index in [9.17, 15) is 43.4 Å². The first-order valence-corrected chi connectivity index (χ1v) is 20.4. The van der Waals surface area contributed by atoms with Crippen molar-refractivity contribution in [3.05, 3.63) is 118 Å². The zero-order valence-electron chi connectivity index (χ0n) is 33.7. The molecule has 0 radical (unpaired) electrons. The second-order valence-electron chi connectivity index (χ2n) is 16.0. The fourth-order valence-corrected chi connectivity index (χ4v) is 8.81. The van der Waals surface area contributed by atoms with Gasteiger partial charge in [0.05, 0.1) is 43.3 Å². The average Bonchev–Trinajstić information content (AvgIpc) is 3.75. The number of pyridine rings is 1. The lowest BCUT2D eigenvalue weighted by atomic mass is 9.77. The maximum atomic E-state index is 13.8. The summed E-state index contributed by atoms with van der Waals surface area (Å²) < 4.78 is 45.8. The molecule has 15 nitrogen and oxygen atoms in total. The number of benzene rings is 4. The molecule has 4 aliphatic heterocycles. The standard InChI is InChI=1S/C46H40F2N6O9/c47-45(48)23-29(24-49)54(26-45)42(58)25-51-41(57)19-27-10-11-50-38-9-5-32(22-33(27)38)61-17-1-12-52-13-15-53(16-14-52)43(59)28-2-6-35-34(18-28)44(60)63-46(35)36-7-3-30(55)20-39(36)62-40-21-31(56)4-8-37(40)46/h2-11,18,20-22,29,55-56H,1,12-17,19,23,25-26H2,(H,51,57)/t29-/m0/s1. The molecule has 9 rings (SSSR count). The highest BCUT2D eigenvalue weighted by atomic mass is 19.3. The van der Waals surface area contributed by atoms with Crippen LogP contribution in [-0.4, -0.2) is 118 Å². The van der Waals surface area contributed by atoms with E-state index in [1.807, 2.05) is 0 Å². The van der Waals surface area contributed by atoms with Gasteiger partial charge in [0.2, 0.25) is 11.8 Å². The third-order valence-corrected chi connectivity index (χ3v) is 11.9. The summed E-state index contributed by atoms with van der Waals surface area (Å²) >= 11 is 0. The summed E-state index contributed by atoms with van der Waals surface area (Å²) in [5.74, 6) is -4.20. The van der Waals surface area contributed by atoms with Crippen molar-refractivity contribution in [2.75, 3.05) is 52.4 Å². The average molecular weight is 859 g/mol. The summed E-state index contributed by atoms with van der Waals surface area (Å²) in [5, 5.41) is 32.7. The number of aromatic hydroxyl groups is 2. The van der Waals surface area contributed by atoms with E-state index < -0.39 is 54.9 Å². The van der Waals surface area contributed by atoms with Gasteiger partial charge in [-0.2, -0.15) is 5.26 Å². The number of carbonyl (C=O) groups excluding carboxylic acids is 4. The van der Waals surface area contributed by atoms with Crippen molar-refractivity contribution in [3.8, 4) is 34.8 Å². The van der Waals surface area contributed by atoms with Gasteiger partial charge < -0.3 is 39.5 Å². The van der Waals surface area contributed by atoms with E-state index in [0.29, 0.717) is 83.7 Å². The monoisotopic (exact) mass is 858 g/mol. The van der Waals surface area contributed by atoms with Crippen molar-refractivity contribution >= 4 is 34.6 Å². The topological polar surface area (TPSA) is 195 Å². The molecule has 0 saturated carbocycles. The van der Waals surface area contributed by atoms with Gasteiger partial charge in [-0.3, -0.25) is 24.3 Å². The van der Waals surface area contributed by atoms with Gasteiger partial charge in [0.15, 0.2) is 5.60 Å². The molecular weight excluding hydrogens is 819 g/mol. The molecular formula is C46H40F2N6O9. The molecule has 2 fully saturated rings. The van der Waals surface area contributed by atoms with Crippen LogP contribution in [0.25, 0.3) is 10.9 Å². The number of amides is 3. The van der Waals surface area contributed by atoms with Crippen LogP contribution >= 0.6 is 0 Å². The van der Waals surface area contributed by atoms with Gasteiger partial charge in [-0.1, -0.05) is 6.07 Å². The molecule has 1 atom stereocenters. The summed E-state index contributed by atoms with van der Waals surface area (Å²) in [6.07, 6.45) is 1.44. The Morgan fingerprint density at radius 3 is 2.35 bits per heavy atom. The first-order chi connectivity index (χ1) is 30.3. The van der Waals surface area contributed by atoms with Crippen molar-refractivity contribution in [1.29, 1.82) is 5.26 Å². The third kappa shape index (κ3) is 7.78. The first-order valence-electron chi connectivity index (χ1n) is 20.4. The van der Waals surface area contributed by atoms with E-state index in [-0.39, 0.29) is 40.9 Å². The molecule has 5 aromatic rings. The van der Waals surface area contributed by atoms with Gasteiger partial charge in [-0.05, 0) is 72.6 Å². The highest BCUT2D eigenvalue weighted by molar-refractivity contribution is 6.02. The number of piperazine rings is 1. The fraction of sp³-hybridized carbons (Fsp3) is 0.304. The van der Waals surface area contributed by atoms with E-state index >= 15 is 0 Å². The number of alkyl halides is 2. The molecule has 3 amide bonds. The van der Waals surface area contributed by atoms with Crippen molar-refractivity contribution < 1.29 is 52.4 Å². The number of hydrogen-bond donors (Lipinski definition) is 3. The number of likely N-dealkylation sites (tertiary alicyclic amines) is 1. The van der Waals surface area contributed by atoms with Crippen LogP contribution in [0.15, 0.2) is 85.1 Å². The molecule has 4 aliphatic rings. The number of phenolic OH excluding ortho intramolecular Hbond substituents is 2. The summed E-state index contributed by atoms with van der Waals surface area (Å²) in [6, 6.07) is 21.6. The predicted octanol–water partition coefficient (Wildman–Crippen LogP) is 4.86. The number of nitrogens with one attached hydrogen (secondary N) is 1. The molecule has 1 spiro atoms. The van der Waals surface area contributed by atoms with Gasteiger partial charge in [0.1, 0.15) is 34.8 Å². The molecule has 63 heavy (non-hydrogen) atoms. The molecule has 1 aromatic heterocycles. The van der Waals surface area contributed by atoms with Gasteiger partial charge in [-0.25, -0.2) is 13.6 Å². The first kappa shape index (κ1) is 41.1. The molecule has 2 saturated heterocycles. The summed E-state index contributed by atoms with van der Waals surface area (Å²) in [6.45, 7) is 1.99. The van der Waals surface area contributed by atoms with E-state index in [1.165, 1.54) is 24.3 Å². The normalized spacial score (nSPS) is 18.2. The summed E-state index contributed by atoms with van der Waals surface area (Å²) in [5.41, 5.74) is 1.94. The minimum Gasteiger partial charge on any atom is -0.508 e. The predicted molar refractivity (Wildman–Crippen MR) is 220 cm³/mol. The van der Waals surface area contributed by atoms with Gasteiger partial charge >= 0.3 is 5.97 Å². The Morgan fingerprint density at radius 2 is 1.63 bits per heavy atom. The van der Waals surface area contributed by atoms with Crippen molar-refractivity contribution in [1.82, 2.24) is 25.0 Å². The number of phenols is 2. The van der Waals surface area contributed by atoms with Crippen LogP contribution in [0.3, 0.4) is 0 Å². The highest BCUT2D eigenvalue weighted by Gasteiger charge is 2.54. The number of hydrogen-bond acceptors (Lipinski definition) is 12. The Labute approximate surface area is 359 Å². The number of nitrogens with zero attached hydrogens (tertiary/aromatic N) is 5. The number of rotatable bonds is 10. The molecule has 17 heteroatoms. The zero-order chi connectivity index (χ0) is 44.0. The second-order valence-corrected chi connectivity index (χ2v) is 16.0. The van der Waals surface area contributed by atoms with Crippen LogP contribution < -0.4 is 14.8 Å². The maximum Gasteiger partial charge on any atom is 0.340 e. The lowest BCUT2D eigenvalue weighted by Gasteiger charge is -2.36. The molecule has 0 bridgehead atoms. The largest absolute Gasteiger partial charge is 0.508 e. The smallest absolute Gasteiger partial charge is 0.340 e. The lowest BCUT2D eigenvalue weighted by molar-refractivity contribution is -0.133. The van der Waals surface area contributed by atoms with E-state index in [1.54, 1.807) is 71.8 Å². The van der Waals surface area contributed by atoms with Gasteiger partial charge in [0, 0.05) is 85.1 Å². The molecule has 322 valence electrons. The molecule has 0 aliphatic carbocycles. The minimum absolute atomic E-state index is 0.0467. The molecule has 3 N–H and O–H groups in total. The number of aromatic nitrogens is 1. The van der Waals surface area contributed by atoms with Crippen LogP contribution in [0.2, 0.25) is 0 Å². The van der Waals surface area contributed by atoms with Crippen LogP contribution in [0.4, 0.5) is 8.78 Å². The van der Waals surface area contributed by atoms with Crippen LogP contribution in [0.1, 0.15) is 55.8 Å². The minimum atomic E-state index is -3.15. The van der Waals surface area contributed by atoms with Crippen molar-refractivity contribution in [2.24, 2.45) is 0 Å². The van der Waals surface area contributed by atoms with Crippen LogP contribution in [0.5, 0.6) is 28.7 Å². The number of ether oxygens (including phenoxy) is 3. The number of fused-ring (bicyclic) bond motifs is 7. The Hall–Kier alpha value is -7.32. The van der Waals surface area contributed by atoms with Crippen molar-refractivity contribution in [3.63, 3.8) is 0 Å². The number of esters is 1. The SMILES string of the molecule is N#C[C@@H]1CC(F)(F)CN1C(=O)CNC(=O)Cc1ccnc2ccc(OCCCN3CCN(C(=O)c4ccc5c(c4)C(=O)OC54c5ccc(O)cc5Oc5cc(O)ccc54)CC3)cc12. The van der Waals surface area contributed by atoms with E-state index in [2.05, 4.69) is 15.2 Å². The third-order valence-electron chi connectivity index (χ3n) is 11.9. The van der Waals surface area contributed by atoms with E-state index in [4.69, 9.17) is 14.2 Å². The van der Waals surface area contributed by atoms with Gasteiger partial charge in [0.25, 0.3) is 11.8 Å². The van der Waals surface area contributed by atoms with Gasteiger partial charge in [-0.15, -0.1) is 0 Å². The number of carbonyl (C=O) groups is 4. The molecule has 5 heterocycles. The van der Waals surface area contributed by atoms with E-state index in [0.717, 1.165) is 11.4 Å². The number of nitriles is 1. The number of halogens is 2.